The van der Waals surface area contributed by atoms with Crippen LogP contribution in [0, 0.1) is 6.92 Å². The maximum absolute atomic E-state index is 12.2. The van der Waals surface area contributed by atoms with Crippen molar-refractivity contribution in [3.05, 3.63) is 72.6 Å². The topological polar surface area (TPSA) is 70.6 Å². The molecule has 1 aromatic heterocycles. The van der Waals surface area contributed by atoms with Crippen LogP contribution in [0.15, 0.2) is 67.0 Å². The van der Waals surface area contributed by atoms with Crippen molar-refractivity contribution in [1.29, 1.82) is 0 Å². The maximum Gasteiger partial charge on any atom is 0.263 e. The highest BCUT2D eigenvalue weighted by Gasteiger charge is 2.19. The smallest absolute Gasteiger partial charge is 0.263 e. The molecule has 1 amide bonds. The van der Waals surface area contributed by atoms with E-state index in [9.17, 15) is 4.79 Å². The number of nitrogens with zero attached hydrogens (tertiary/aromatic N) is 4. The van der Waals surface area contributed by atoms with Gasteiger partial charge in [0, 0.05) is 37.9 Å². The molecule has 2 aromatic carbocycles. The van der Waals surface area contributed by atoms with Crippen LogP contribution in [-0.2, 0) is 4.79 Å². The van der Waals surface area contributed by atoms with Crippen molar-refractivity contribution in [2.24, 2.45) is 0 Å². The number of rotatable bonds is 6. The van der Waals surface area contributed by atoms with Gasteiger partial charge in [0.2, 0.25) is 0 Å². The molecule has 30 heavy (non-hydrogen) atoms. The van der Waals surface area contributed by atoms with Crippen LogP contribution < -0.4 is 19.9 Å². The normalized spacial score (nSPS) is 13.8. The summed E-state index contributed by atoms with van der Waals surface area (Å²) in [4.78, 5) is 25.4. The average molecular weight is 403 g/mol. The third-order valence-electron chi connectivity index (χ3n) is 5.00. The second-order valence-electron chi connectivity index (χ2n) is 7.22. The molecule has 1 aliphatic rings. The Labute approximate surface area is 176 Å². The first kappa shape index (κ1) is 19.7. The van der Waals surface area contributed by atoms with Gasteiger partial charge in [0.25, 0.3) is 5.91 Å². The van der Waals surface area contributed by atoms with Gasteiger partial charge in [-0.1, -0.05) is 30.3 Å². The van der Waals surface area contributed by atoms with Crippen molar-refractivity contribution in [3.8, 4) is 5.75 Å². The molecule has 0 radical (unpaired) electrons. The molecule has 0 unspecified atom stereocenters. The number of aromatic nitrogens is 2. The summed E-state index contributed by atoms with van der Waals surface area (Å²) >= 11 is 0. The minimum Gasteiger partial charge on any atom is -0.484 e. The zero-order valence-electron chi connectivity index (χ0n) is 17.0. The molecule has 1 fully saturated rings. The largest absolute Gasteiger partial charge is 0.484 e. The lowest BCUT2D eigenvalue weighted by Crippen LogP contribution is -2.46. The van der Waals surface area contributed by atoms with Crippen LogP contribution in [0.5, 0.6) is 5.75 Å². The van der Waals surface area contributed by atoms with Gasteiger partial charge < -0.3 is 19.9 Å². The second kappa shape index (κ2) is 9.26. The van der Waals surface area contributed by atoms with Gasteiger partial charge in [-0.3, -0.25) is 4.79 Å². The fraction of sp³-hybridized carbons (Fsp3) is 0.261. The van der Waals surface area contributed by atoms with Gasteiger partial charge >= 0.3 is 0 Å². The van der Waals surface area contributed by atoms with Crippen molar-refractivity contribution in [2.75, 3.05) is 47.9 Å². The molecular weight excluding hydrogens is 378 g/mol. The first-order valence-corrected chi connectivity index (χ1v) is 10.0. The molecule has 1 saturated heterocycles. The van der Waals surface area contributed by atoms with Gasteiger partial charge in [-0.05, 0) is 36.8 Å². The van der Waals surface area contributed by atoms with Crippen LogP contribution >= 0.6 is 0 Å². The number of benzene rings is 2. The number of ether oxygens (including phenoxy) is 1. The molecule has 0 spiro atoms. The summed E-state index contributed by atoms with van der Waals surface area (Å²) in [6.45, 7) is 5.46. The summed E-state index contributed by atoms with van der Waals surface area (Å²) in [7, 11) is 0. The Kier molecular flexibility index (Phi) is 6.08. The molecule has 0 bridgehead atoms. The van der Waals surface area contributed by atoms with Crippen molar-refractivity contribution in [3.63, 3.8) is 0 Å². The standard InChI is InChI=1S/C23H25N5O2/c1-18-6-5-9-20(14-18)30-16-23(29)26-21-15-22(25-17-24-21)28-12-10-27(11-13-28)19-7-3-2-4-8-19/h2-9,14-15,17H,10-13,16H2,1H3,(H,24,25,26,29). The highest BCUT2D eigenvalue weighted by molar-refractivity contribution is 5.91. The van der Waals surface area contributed by atoms with Gasteiger partial charge in [0.1, 0.15) is 23.7 Å². The van der Waals surface area contributed by atoms with E-state index in [1.165, 1.54) is 12.0 Å². The molecule has 2 heterocycles. The third kappa shape index (κ3) is 5.05. The Bertz CT molecular complexity index is 988. The van der Waals surface area contributed by atoms with Crippen LogP contribution in [0.1, 0.15) is 5.56 Å². The van der Waals surface area contributed by atoms with Crippen molar-refractivity contribution in [1.82, 2.24) is 9.97 Å². The fourth-order valence-electron chi connectivity index (χ4n) is 3.45. The number of para-hydroxylation sites is 1. The summed E-state index contributed by atoms with van der Waals surface area (Å²) in [5.41, 5.74) is 2.32. The van der Waals surface area contributed by atoms with Crippen molar-refractivity contribution < 1.29 is 9.53 Å². The molecule has 3 aromatic rings. The van der Waals surface area contributed by atoms with Crippen LogP contribution in [0.3, 0.4) is 0 Å². The van der Waals surface area contributed by atoms with Gasteiger partial charge in [-0.25, -0.2) is 9.97 Å². The molecule has 7 nitrogen and oxygen atoms in total. The Balaban J connectivity index is 1.31. The minimum absolute atomic E-state index is 0.0709. The van der Waals surface area contributed by atoms with Gasteiger partial charge in [-0.2, -0.15) is 0 Å². The number of hydrogen-bond acceptors (Lipinski definition) is 6. The highest BCUT2D eigenvalue weighted by Crippen LogP contribution is 2.20. The van der Waals surface area contributed by atoms with E-state index in [0.29, 0.717) is 11.6 Å². The van der Waals surface area contributed by atoms with E-state index in [1.54, 1.807) is 0 Å². The quantitative estimate of drug-likeness (QED) is 0.682. The van der Waals surface area contributed by atoms with Crippen LogP contribution in [-0.4, -0.2) is 48.7 Å². The highest BCUT2D eigenvalue weighted by atomic mass is 16.5. The van der Waals surface area contributed by atoms with Crippen molar-refractivity contribution in [2.45, 2.75) is 6.92 Å². The Morgan fingerprint density at radius 2 is 1.73 bits per heavy atom. The average Bonchev–Trinajstić information content (AvgIpc) is 2.79. The molecule has 1 aliphatic heterocycles. The van der Waals surface area contributed by atoms with E-state index in [4.69, 9.17) is 4.74 Å². The van der Waals surface area contributed by atoms with E-state index < -0.39 is 0 Å². The zero-order chi connectivity index (χ0) is 20.8. The van der Waals surface area contributed by atoms with Crippen LogP contribution in [0.2, 0.25) is 0 Å². The summed E-state index contributed by atoms with van der Waals surface area (Å²) < 4.78 is 5.55. The maximum atomic E-state index is 12.2. The second-order valence-corrected chi connectivity index (χ2v) is 7.22. The van der Waals surface area contributed by atoms with E-state index in [1.807, 2.05) is 43.3 Å². The summed E-state index contributed by atoms with van der Waals surface area (Å²) in [6, 6.07) is 19.8. The first-order chi connectivity index (χ1) is 14.7. The Hall–Kier alpha value is -3.61. The number of carbonyl (C=O) groups is 1. The minimum atomic E-state index is -0.255. The molecule has 0 saturated carbocycles. The predicted octanol–water partition coefficient (Wildman–Crippen LogP) is 3.13. The molecule has 4 rings (SSSR count). The third-order valence-corrected chi connectivity index (χ3v) is 5.00. The number of nitrogens with one attached hydrogen (secondary N) is 1. The van der Waals surface area contributed by atoms with E-state index in [-0.39, 0.29) is 12.5 Å². The van der Waals surface area contributed by atoms with Gasteiger partial charge in [0.05, 0.1) is 0 Å². The Morgan fingerprint density at radius 1 is 0.967 bits per heavy atom. The fourth-order valence-corrected chi connectivity index (χ4v) is 3.45. The van der Waals surface area contributed by atoms with Crippen molar-refractivity contribution >= 4 is 23.2 Å². The summed E-state index contributed by atoms with van der Waals surface area (Å²) in [5.74, 6) is 1.70. The van der Waals surface area contributed by atoms with E-state index in [0.717, 1.165) is 37.6 Å². The zero-order valence-corrected chi connectivity index (χ0v) is 17.0. The van der Waals surface area contributed by atoms with Gasteiger partial charge in [0.15, 0.2) is 6.61 Å². The number of hydrogen-bond donors (Lipinski definition) is 1. The molecule has 1 N–H and O–H groups in total. The molecular formula is C23H25N5O2. The first-order valence-electron chi connectivity index (χ1n) is 10.0. The SMILES string of the molecule is Cc1cccc(OCC(=O)Nc2cc(N3CCN(c4ccccc4)CC3)ncn2)c1. The number of amides is 1. The lowest BCUT2D eigenvalue weighted by molar-refractivity contribution is -0.118. The monoisotopic (exact) mass is 403 g/mol. The molecule has 7 heteroatoms. The van der Waals surface area contributed by atoms with Crippen LogP contribution in [0.4, 0.5) is 17.3 Å². The lowest BCUT2D eigenvalue weighted by Gasteiger charge is -2.36. The molecule has 0 aliphatic carbocycles. The summed E-state index contributed by atoms with van der Waals surface area (Å²) in [6.07, 6.45) is 1.48. The number of carbonyl (C=O) groups excluding carboxylic acids is 1. The van der Waals surface area contributed by atoms with E-state index >= 15 is 0 Å². The molecule has 0 atom stereocenters. The number of anilines is 3. The van der Waals surface area contributed by atoms with Gasteiger partial charge in [-0.15, -0.1) is 0 Å². The predicted molar refractivity (Wildman–Crippen MR) is 118 cm³/mol. The number of piperazine rings is 1. The molecule has 154 valence electrons. The number of aryl methyl sites for hydroxylation is 1. The Morgan fingerprint density at radius 3 is 2.50 bits per heavy atom. The van der Waals surface area contributed by atoms with Crippen LogP contribution in [0.25, 0.3) is 0 Å². The van der Waals surface area contributed by atoms with E-state index in [2.05, 4.69) is 49.4 Å². The summed E-state index contributed by atoms with van der Waals surface area (Å²) in [5, 5.41) is 2.79. The lowest BCUT2D eigenvalue weighted by atomic mass is 10.2.